The van der Waals surface area contributed by atoms with E-state index in [1.807, 2.05) is 0 Å². The third-order valence-corrected chi connectivity index (χ3v) is 2.52. The van der Waals surface area contributed by atoms with Crippen molar-refractivity contribution >= 4 is 18.3 Å². The van der Waals surface area contributed by atoms with Crippen molar-refractivity contribution in [1.82, 2.24) is 5.32 Å². The molecule has 0 fully saturated rings. The van der Waals surface area contributed by atoms with Crippen LogP contribution in [0, 0.1) is 5.92 Å². The van der Waals surface area contributed by atoms with Crippen molar-refractivity contribution in [1.29, 1.82) is 0 Å². The van der Waals surface area contributed by atoms with E-state index in [4.69, 9.17) is 5.73 Å². The molecule has 0 aliphatic rings. The average molecular weight is 237 g/mol. The molecule has 0 spiro atoms. The summed E-state index contributed by atoms with van der Waals surface area (Å²) in [5.74, 6) is 0.567. The van der Waals surface area contributed by atoms with Crippen molar-refractivity contribution < 1.29 is 4.79 Å². The van der Waals surface area contributed by atoms with Gasteiger partial charge in [0.1, 0.15) is 0 Å². The Kier molecular flexibility index (Phi) is 11.7. The topological polar surface area (TPSA) is 55.1 Å². The van der Waals surface area contributed by atoms with Crippen molar-refractivity contribution in [2.45, 2.75) is 52.5 Å². The fraction of sp³-hybridized carbons (Fsp3) is 0.909. The summed E-state index contributed by atoms with van der Waals surface area (Å²) < 4.78 is 0. The van der Waals surface area contributed by atoms with E-state index in [9.17, 15) is 4.79 Å². The van der Waals surface area contributed by atoms with Gasteiger partial charge in [0.2, 0.25) is 5.91 Å². The summed E-state index contributed by atoms with van der Waals surface area (Å²) in [6, 6.07) is -0.390. The van der Waals surface area contributed by atoms with Gasteiger partial charge in [-0.1, -0.05) is 33.1 Å². The van der Waals surface area contributed by atoms with Gasteiger partial charge in [0, 0.05) is 6.54 Å². The zero-order chi connectivity index (χ0) is 11.0. The van der Waals surface area contributed by atoms with E-state index in [1.165, 1.54) is 19.3 Å². The van der Waals surface area contributed by atoms with Gasteiger partial charge < -0.3 is 11.1 Å². The molecule has 0 radical (unpaired) electrons. The van der Waals surface area contributed by atoms with Crippen LogP contribution in [-0.2, 0) is 4.79 Å². The zero-order valence-corrected chi connectivity index (χ0v) is 10.9. The first-order chi connectivity index (χ1) is 6.61. The monoisotopic (exact) mass is 236 g/mol. The van der Waals surface area contributed by atoms with Crippen LogP contribution in [0.4, 0.5) is 0 Å². The molecular formula is C11H25ClN2O. The Balaban J connectivity index is 0. The maximum atomic E-state index is 11.2. The lowest BCUT2D eigenvalue weighted by atomic mass is 9.99. The third kappa shape index (κ3) is 8.70. The molecule has 0 aromatic carbocycles. The molecule has 0 bridgehead atoms. The van der Waals surface area contributed by atoms with Crippen LogP contribution in [0.15, 0.2) is 0 Å². The molecule has 0 rings (SSSR count). The number of halogens is 1. The number of carbonyl (C=O) groups is 1. The first kappa shape index (κ1) is 17.1. The maximum Gasteiger partial charge on any atom is 0.236 e. The summed E-state index contributed by atoms with van der Waals surface area (Å²) >= 11 is 0. The molecule has 0 saturated carbocycles. The molecule has 0 heterocycles. The highest BCUT2D eigenvalue weighted by Crippen LogP contribution is 2.10. The lowest BCUT2D eigenvalue weighted by Crippen LogP contribution is -2.40. The van der Waals surface area contributed by atoms with Gasteiger partial charge in [0.05, 0.1) is 6.04 Å². The van der Waals surface area contributed by atoms with E-state index in [-0.39, 0.29) is 18.3 Å². The Bertz CT molecular complexity index is 163. The number of rotatable bonds is 7. The second-order valence-electron chi connectivity index (χ2n) is 3.95. The Morgan fingerprint density at radius 3 is 2.40 bits per heavy atom. The largest absolute Gasteiger partial charge is 0.354 e. The predicted octanol–water partition coefficient (Wildman–Crippen LogP) is 2.09. The fourth-order valence-electron chi connectivity index (χ4n) is 1.35. The first-order valence-corrected chi connectivity index (χ1v) is 5.65. The lowest BCUT2D eigenvalue weighted by Gasteiger charge is -2.16. The molecule has 15 heavy (non-hydrogen) atoms. The van der Waals surface area contributed by atoms with Gasteiger partial charge in [-0.2, -0.15) is 0 Å². The highest BCUT2D eigenvalue weighted by Gasteiger charge is 2.10. The van der Waals surface area contributed by atoms with Crippen molar-refractivity contribution in [2.75, 3.05) is 6.54 Å². The standard InChI is InChI=1S/C11H24N2O.ClH/c1-4-6-7-10(5-2)8-13-11(14)9(3)12;/h9-10H,4-8,12H2,1-3H3,(H,13,14);1H. The molecule has 0 aliphatic heterocycles. The molecule has 2 atom stereocenters. The number of amides is 1. The summed E-state index contributed by atoms with van der Waals surface area (Å²) in [7, 11) is 0. The Labute approximate surface area is 99.6 Å². The van der Waals surface area contributed by atoms with Crippen LogP contribution >= 0.6 is 12.4 Å². The molecule has 0 saturated heterocycles. The van der Waals surface area contributed by atoms with Crippen molar-refractivity contribution in [3.05, 3.63) is 0 Å². The van der Waals surface area contributed by atoms with Gasteiger partial charge in [-0.05, 0) is 19.3 Å². The number of unbranched alkanes of at least 4 members (excludes halogenated alkanes) is 1. The molecule has 0 aliphatic carbocycles. The fourth-order valence-corrected chi connectivity index (χ4v) is 1.35. The normalized spacial score (nSPS) is 13.9. The molecule has 3 N–H and O–H groups in total. The van der Waals surface area contributed by atoms with E-state index < -0.39 is 6.04 Å². The predicted molar refractivity (Wildman–Crippen MR) is 67.2 cm³/mol. The van der Waals surface area contributed by atoms with E-state index in [1.54, 1.807) is 6.92 Å². The van der Waals surface area contributed by atoms with Crippen LogP contribution in [0.5, 0.6) is 0 Å². The highest BCUT2D eigenvalue weighted by molar-refractivity contribution is 5.85. The van der Waals surface area contributed by atoms with Gasteiger partial charge in [-0.3, -0.25) is 4.79 Å². The molecule has 92 valence electrons. The maximum absolute atomic E-state index is 11.2. The second kappa shape index (κ2) is 10.2. The van der Waals surface area contributed by atoms with E-state index in [2.05, 4.69) is 19.2 Å². The molecule has 0 aromatic heterocycles. The third-order valence-electron chi connectivity index (χ3n) is 2.52. The SMILES string of the molecule is CCCCC(CC)CNC(=O)C(C)N.Cl. The summed E-state index contributed by atoms with van der Waals surface area (Å²) in [5.41, 5.74) is 5.45. The Hall–Kier alpha value is -0.280. The molecule has 2 unspecified atom stereocenters. The number of nitrogens with one attached hydrogen (secondary N) is 1. The molecule has 3 nitrogen and oxygen atoms in total. The van der Waals surface area contributed by atoms with E-state index in [0.29, 0.717) is 5.92 Å². The lowest BCUT2D eigenvalue weighted by molar-refractivity contribution is -0.122. The van der Waals surface area contributed by atoms with Crippen molar-refractivity contribution in [3.63, 3.8) is 0 Å². The highest BCUT2D eigenvalue weighted by atomic mass is 35.5. The Morgan fingerprint density at radius 1 is 1.40 bits per heavy atom. The minimum atomic E-state index is -0.390. The van der Waals surface area contributed by atoms with Crippen molar-refractivity contribution in [3.8, 4) is 0 Å². The number of carbonyl (C=O) groups excluding carboxylic acids is 1. The Morgan fingerprint density at radius 2 is 2.00 bits per heavy atom. The molecule has 1 amide bonds. The summed E-state index contributed by atoms with van der Waals surface area (Å²) in [6.07, 6.45) is 4.79. The second-order valence-corrected chi connectivity index (χ2v) is 3.95. The van der Waals surface area contributed by atoms with Gasteiger partial charge in [0.25, 0.3) is 0 Å². The zero-order valence-electron chi connectivity index (χ0n) is 10.1. The van der Waals surface area contributed by atoms with Crippen LogP contribution in [-0.4, -0.2) is 18.5 Å². The summed E-state index contributed by atoms with van der Waals surface area (Å²) in [5, 5.41) is 2.88. The molecule has 4 heteroatoms. The van der Waals surface area contributed by atoms with Gasteiger partial charge >= 0.3 is 0 Å². The van der Waals surface area contributed by atoms with Gasteiger partial charge in [-0.15, -0.1) is 12.4 Å². The summed E-state index contributed by atoms with van der Waals surface area (Å²) in [4.78, 5) is 11.2. The van der Waals surface area contributed by atoms with Crippen LogP contribution < -0.4 is 11.1 Å². The quantitative estimate of drug-likeness (QED) is 0.711. The van der Waals surface area contributed by atoms with Crippen LogP contribution in [0.3, 0.4) is 0 Å². The smallest absolute Gasteiger partial charge is 0.236 e. The van der Waals surface area contributed by atoms with Crippen LogP contribution in [0.2, 0.25) is 0 Å². The number of hydrogen-bond donors (Lipinski definition) is 2. The molecular weight excluding hydrogens is 212 g/mol. The van der Waals surface area contributed by atoms with Gasteiger partial charge in [-0.25, -0.2) is 0 Å². The van der Waals surface area contributed by atoms with E-state index in [0.717, 1.165) is 13.0 Å². The number of hydrogen-bond acceptors (Lipinski definition) is 2. The van der Waals surface area contributed by atoms with Gasteiger partial charge in [0.15, 0.2) is 0 Å². The average Bonchev–Trinajstić information content (AvgIpc) is 2.17. The minimum absolute atomic E-state index is 0. The minimum Gasteiger partial charge on any atom is -0.354 e. The van der Waals surface area contributed by atoms with E-state index >= 15 is 0 Å². The van der Waals surface area contributed by atoms with Crippen molar-refractivity contribution in [2.24, 2.45) is 11.7 Å². The van der Waals surface area contributed by atoms with Crippen LogP contribution in [0.25, 0.3) is 0 Å². The number of nitrogens with two attached hydrogens (primary N) is 1. The summed E-state index contributed by atoms with van der Waals surface area (Å²) in [6.45, 7) is 6.84. The molecule has 0 aromatic rings. The first-order valence-electron chi connectivity index (χ1n) is 5.65. The van der Waals surface area contributed by atoms with Crippen LogP contribution in [0.1, 0.15) is 46.5 Å².